The van der Waals surface area contributed by atoms with Crippen LogP contribution < -0.4 is 5.32 Å². The Hall–Kier alpha value is -3.17. The van der Waals surface area contributed by atoms with Crippen LogP contribution in [0.4, 0.5) is 5.69 Å². The number of benzene rings is 2. The molecule has 0 saturated heterocycles. The fourth-order valence-electron chi connectivity index (χ4n) is 2.65. The molecule has 2 heterocycles. The van der Waals surface area contributed by atoms with Gasteiger partial charge in [-0.05, 0) is 25.1 Å². The smallest absolute Gasteiger partial charge is 0.296 e. The molecule has 4 aromatic rings. The number of aryl methyl sites for hydroxylation is 1. The second kappa shape index (κ2) is 8.68. The van der Waals surface area contributed by atoms with Crippen molar-refractivity contribution >= 4 is 35.0 Å². The lowest BCUT2D eigenvalue weighted by atomic mass is 10.1. The molecular weight excluding hydrogens is 424 g/mol. The lowest BCUT2D eigenvalue weighted by Gasteiger charge is -2.05. The Labute approximate surface area is 181 Å². The number of hydrogen-bond donors (Lipinski definition) is 1. The largest absolute Gasteiger partial charge is 0.330 e. The van der Waals surface area contributed by atoms with E-state index in [1.165, 1.54) is 11.8 Å². The van der Waals surface area contributed by atoms with Crippen molar-refractivity contribution in [1.82, 2.24) is 24.9 Å². The van der Waals surface area contributed by atoms with Gasteiger partial charge in [0.1, 0.15) is 0 Å². The highest BCUT2D eigenvalue weighted by Gasteiger charge is 2.19. The molecule has 1 N–H and O–H groups in total. The molecule has 1 amide bonds. The third-order valence-electron chi connectivity index (χ3n) is 4.20. The lowest BCUT2D eigenvalue weighted by molar-refractivity contribution is -0.113. The van der Waals surface area contributed by atoms with Crippen LogP contribution in [0.3, 0.4) is 0 Å². The van der Waals surface area contributed by atoms with Crippen molar-refractivity contribution < 1.29 is 9.32 Å². The van der Waals surface area contributed by atoms with Crippen LogP contribution in [0, 0.1) is 6.92 Å². The summed E-state index contributed by atoms with van der Waals surface area (Å²) in [4.78, 5) is 16.6. The van der Waals surface area contributed by atoms with Gasteiger partial charge in [0.05, 0.1) is 5.75 Å². The summed E-state index contributed by atoms with van der Waals surface area (Å²) in [6.07, 6.45) is 0. The molecular formula is C20H17ClN6O2S. The first-order chi connectivity index (χ1) is 14.5. The Morgan fingerprint density at radius 2 is 2.00 bits per heavy atom. The summed E-state index contributed by atoms with van der Waals surface area (Å²) in [5.41, 5.74) is 2.64. The van der Waals surface area contributed by atoms with Crippen LogP contribution in [-0.2, 0) is 11.8 Å². The van der Waals surface area contributed by atoms with E-state index in [1.807, 2.05) is 31.2 Å². The number of rotatable bonds is 6. The average Bonchev–Trinajstić information content (AvgIpc) is 3.34. The minimum absolute atomic E-state index is 0.164. The van der Waals surface area contributed by atoms with E-state index in [-0.39, 0.29) is 17.6 Å². The van der Waals surface area contributed by atoms with Gasteiger partial charge in [0.15, 0.2) is 5.16 Å². The number of hydrogen-bond acceptors (Lipinski definition) is 7. The number of thioether (sulfide) groups is 1. The van der Waals surface area contributed by atoms with Gasteiger partial charge in [-0.25, -0.2) is 0 Å². The van der Waals surface area contributed by atoms with Crippen molar-refractivity contribution in [1.29, 1.82) is 0 Å². The van der Waals surface area contributed by atoms with E-state index in [1.54, 1.807) is 35.9 Å². The Bertz CT molecular complexity index is 1190. The zero-order valence-electron chi connectivity index (χ0n) is 16.2. The molecule has 0 bridgehead atoms. The summed E-state index contributed by atoms with van der Waals surface area (Å²) in [6, 6.07) is 14.8. The van der Waals surface area contributed by atoms with Crippen molar-refractivity contribution in [2.75, 3.05) is 11.1 Å². The zero-order valence-corrected chi connectivity index (χ0v) is 17.7. The Morgan fingerprint density at radius 1 is 1.20 bits per heavy atom. The van der Waals surface area contributed by atoms with E-state index in [9.17, 15) is 4.79 Å². The van der Waals surface area contributed by atoms with E-state index < -0.39 is 0 Å². The first-order valence-corrected chi connectivity index (χ1v) is 10.3. The number of amides is 1. The highest BCUT2D eigenvalue weighted by Crippen LogP contribution is 2.24. The van der Waals surface area contributed by atoms with Gasteiger partial charge in [0.2, 0.25) is 17.6 Å². The predicted octanol–water partition coefficient (Wildman–Crippen LogP) is 4.22. The summed E-state index contributed by atoms with van der Waals surface area (Å²) in [6.45, 7) is 2.01. The highest BCUT2D eigenvalue weighted by atomic mass is 35.5. The molecule has 0 saturated carbocycles. The topological polar surface area (TPSA) is 98.7 Å². The van der Waals surface area contributed by atoms with Crippen molar-refractivity contribution in [3.8, 4) is 23.1 Å². The quantitative estimate of drug-likeness (QED) is 0.448. The SMILES string of the molecule is Cc1ccc(-c2noc(-c3nnc(SCC(=O)Nc4cccc(Cl)c4)n3C)n2)cc1. The molecule has 0 aliphatic heterocycles. The van der Waals surface area contributed by atoms with Crippen LogP contribution in [0.15, 0.2) is 58.2 Å². The molecule has 0 atom stereocenters. The maximum Gasteiger partial charge on any atom is 0.296 e. The summed E-state index contributed by atoms with van der Waals surface area (Å²) in [7, 11) is 1.78. The van der Waals surface area contributed by atoms with Crippen LogP contribution >= 0.6 is 23.4 Å². The Balaban J connectivity index is 1.42. The number of halogens is 1. The molecule has 0 fully saturated rings. The van der Waals surface area contributed by atoms with Gasteiger partial charge in [-0.15, -0.1) is 10.2 Å². The molecule has 152 valence electrons. The number of carbonyl (C=O) groups is 1. The number of carbonyl (C=O) groups excluding carboxylic acids is 1. The highest BCUT2D eigenvalue weighted by molar-refractivity contribution is 7.99. The standard InChI is InChI=1S/C20H17ClN6O2S/c1-12-6-8-13(9-7-12)17-23-19(29-26-17)18-24-25-20(27(18)2)30-11-16(28)22-15-5-3-4-14(21)10-15/h3-10H,11H2,1-2H3,(H,22,28). The number of nitrogens with one attached hydrogen (secondary N) is 1. The minimum Gasteiger partial charge on any atom is -0.330 e. The zero-order chi connectivity index (χ0) is 21.1. The second-order valence-corrected chi connectivity index (χ2v) is 7.88. The van der Waals surface area contributed by atoms with Gasteiger partial charge in [-0.3, -0.25) is 4.79 Å². The summed E-state index contributed by atoms with van der Waals surface area (Å²) < 4.78 is 7.07. The summed E-state index contributed by atoms with van der Waals surface area (Å²) in [5.74, 6) is 1.15. The van der Waals surface area contributed by atoms with Crippen LogP contribution in [-0.4, -0.2) is 36.6 Å². The molecule has 8 nitrogen and oxygen atoms in total. The molecule has 0 aliphatic carbocycles. The van der Waals surface area contributed by atoms with Crippen LogP contribution in [0.5, 0.6) is 0 Å². The first-order valence-electron chi connectivity index (χ1n) is 8.98. The number of anilines is 1. The molecule has 0 spiro atoms. The van der Waals surface area contributed by atoms with Crippen molar-refractivity contribution in [2.24, 2.45) is 7.05 Å². The fourth-order valence-corrected chi connectivity index (χ4v) is 3.56. The van der Waals surface area contributed by atoms with Gasteiger partial charge in [-0.1, -0.05) is 64.4 Å². The molecule has 0 radical (unpaired) electrons. The van der Waals surface area contributed by atoms with E-state index in [4.69, 9.17) is 16.1 Å². The third-order valence-corrected chi connectivity index (χ3v) is 5.46. The molecule has 2 aromatic carbocycles. The lowest BCUT2D eigenvalue weighted by Crippen LogP contribution is -2.14. The molecule has 2 aromatic heterocycles. The maximum atomic E-state index is 12.2. The van der Waals surface area contributed by atoms with Gasteiger partial charge >= 0.3 is 0 Å². The van der Waals surface area contributed by atoms with Gasteiger partial charge < -0.3 is 14.4 Å². The summed E-state index contributed by atoms with van der Waals surface area (Å²) in [5, 5.41) is 16.2. The van der Waals surface area contributed by atoms with E-state index in [2.05, 4.69) is 25.7 Å². The molecule has 0 unspecified atom stereocenters. The van der Waals surface area contributed by atoms with E-state index >= 15 is 0 Å². The Morgan fingerprint density at radius 3 is 2.77 bits per heavy atom. The van der Waals surface area contributed by atoms with Crippen LogP contribution in [0.1, 0.15) is 5.56 Å². The number of aromatic nitrogens is 5. The van der Waals surface area contributed by atoms with Crippen LogP contribution in [0.2, 0.25) is 5.02 Å². The normalized spacial score (nSPS) is 10.9. The molecule has 30 heavy (non-hydrogen) atoms. The second-order valence-electron chi connectivity index (χ2n) is 6.50. The third kappa shape index (κ3) is 4.52. The average molecular weight is 441 g/mol. The number of nitrogens with zero attached hydrogens (tertiary/aromatic N) is 5. The summed E-state index contributed by atoms with van der Waals surface area (Å²) >= 11 is 7.19. The molecule has 0 aliphatic rings. The van der Waals surface area contributed by atoms with Crippen LogP contribution in [0.25, 0.3) is 23.1 Å². The predicted molar refractivity (Wildman–Crippen MR) is 115 cm³/mol. The van der Waals surface area contributed by atoms with Crippen molar-refractivity contribution in [3.05, 3.63) is 59.1 Å². The van der Waals surface area contributed by atoms with Gasteiger partial charge in [0.25, 0.3) is 5.89 Å². The van der Waals surface area contributed by atoms with Crippen molar-refractivity contribution in [2.45, 2.75) is 12.1 Å². The maximum absolute atomic E-state index is 12.2. The molecule has 10 heteroatoms. The van der Waals surface area contributed by atoms with Gasteiger partial charge in [0, 0.05) is 23.3 Å². The van der Waals surface area contributed by atoms with E-state index in [0.717, 1.165) is 11.1 Å². The monoisotopic (exact) mass is 440 g/mol. The molecule has 4 rings (SSSR count). The van der Waals surface area contributed by atoms with Crippen molar-refractivity contribution in [3.63, 3.8) is 0 Å². The Kier molecular flexibility index (Phi) is 5.82. The fraction of sp³-hybridized carbons (Fsp3) is 0.150. The van der Waals surface area contributed by atoms with E-state index in [0.29, 0.717) is 27.5 Å². The minimum atomic E-state index is -0.175. The first kappa shape index (κ1) is 20.1. The van der Waals surface area contributed by atoms with Gasteiger partial charge in [-0.2, -0.15) is 4.98 Å².